The Balaban J connectivity index is 1.62. The van der Waals surface area contributed by atoms with Gasteiger partial charge in [0.1, 0.15) is 23.3 Å². The number of fused-ring (bicyclic) bond motifs is 1. The van der Waals surface area contributed by atoms with Crippen molar-refractivity contribution in [2.45, 2.75) is 52.4 Å². The summed E-state index contributed by atoms with van der Waals surface area (Å²) in [4.78, 5) is 33.3. The number of nitrogens with zero attached hydrogens (tertiary/aromatic N) is 5. The molecule has 4 aromatic rings. The normalized spacial score (nSPS) is 12.0. The van der Waals surface area contributed by atoms with Gasteiger partial charge < -0.3 is 10.1 Å². The minimum Gasteiger partial charge on any atom is -0.378 e. The first-order valence-corrected chi connectivity index (χ1v) is 11.1. The van der Waals surface area contributed by atoms with Gasteiger partial charge in [0.05, 0.1) is 18.3 Å². The summed E-state index contributed by atoms with van der Waals surface area (Å²) in [6, 6.07) is 5.82. The largest absolute Gasteiger partial charge is 0.378 e. The van der Waals surface area contributed by atoms with Crippen LogP contribution >= 0.6 is 0 Å². The van der Waals surface area contributed by atoms with Gasteiger partial charge in [-0.2, -0.15) is 5.10 Å². The van der Waals surface area contributed by atoms with Crippen molar-refractivity contribution in [1.29, 1.82) is 0 Å². The first-order valence-electron chi connectivity index (χ1n) is 11.1. The molecule has 0 aliphatic rings. The number of halogens is 1. The van der Waals surface area contributed by atoms with Gasteiger partial charge in [-0.15, -0.1) is 0 Å². The summed E-state index contributed by atoms with van der Waals surface area (Å²) < 4.78 is 17.5. The van der Waals surface area contributed by atoms with E-state index in [1.165, 1.54) is 25.9 Å². The molecule has 1 atom stereocenters. The van der Waals surface area contributed by atoms with E-state index in [2.05, 4.69) is 26.9 Å². The molecule has 34 heavy (non-hydrogen) atoms. The molecule has 0 saturated carbocycles. The second kappa shape index (κ2) is 9.89. The number of imidazole rings is 1. The number of aromatic nitrogens is 6. The molecule has 0 saturated heterocycles. The van der Waals surface area contributed by atoms with Crippen LogP contribution in [0.3, 0.4) is 0 Å². The molecule has 1 aromatic carbocycles. The summed E-state index contributed by atoms with van der Waals surface area (Å²) in [6.45, 7) is 4.72. The van der Waals surface area contributed by atoms with Crippen molar-refractivity contribution >= 4 is 11.2 Å². The number of hydrogen-bond donors (Lipinski definition) is 2. The van der Waals surface area contributed by atoms with Gasteiger partial charge in [-0.3, -0.25) is 18.6 Å². The maximum absolute atomic E-state index is 13.3. The van der Waals surface area contributed by atoms with Gasteiger partial charge in [0.15, 0.2) is 5.65 Å². The van der Waals surface area contributed by atoms with Gasteiger partial charge in [0, 0.05) is 24.8 Å². The molecule has 1 unspecified atom stereocenters. The molecule has 4 rings (SSSR count). The summed E-state index contributed by atoms with van der Waals surface area (Å²) in [5.74, 6) is 5.42. The lowest BCUT2D eigenvalue weighted by atomic mass is 10.2. The Labute approximate surface area is 194 Å². The fraction of sp³-hybridized carbons (Fsp3) is 0.333. The second-order valence-corrected chi connectivity index (χ2v) is 7.92. The lowest BCUT2D eigenvalue weighted by molar-refractivity contribution is 0.205. The third-order valence-electron chi connectivity index (χ3n) is 5.23. The summed E-state index contributed by atoms with van der Waals surface area (Å²) in [7, 11) is 0. The van der Waals surface area contributed by atoms with E-state index in [4.69, 9.17) is 0 Å². The van der Waals surface area contributed by atoms with Crippen LogP contribution in [-0.2, 0) is 19.6 Å². The highest BCUT2D eigenvalue weighted by atomic mass is 19.1. The maximum atomic E-state index is 13.3. The van der Waals surface area contributed by atoms with Crippen LogP contribution in [0.1, 0.15) is 32.3 Å². The fourth-order valence-electron chi connectivity index (χ4n) is 3.69. The average molecular weight is 465 g/mol. The predicted molar refractivity (Wildman–Crippen MR) is 126 cm³/mol. The predicted octanol–water partition coefficient (Wildman–Crippen LogP) is 2.12. The van der Waals surface area contributed by atoms with E-state index in [9.17, 15) is 19.1 Å². The Morgan fingerprint density at radius 1 is 1.18 bits per heavy atom. The number of benzene rings is 1. The molecular formula is C24H25FN6O3. The van der Waals surface area contributed by atoms with Crippen molar-refractivity contribution in [1.82, 2.24) is 28.9 Å². The third kappa shape index (κ3) is 4.70. The molecule has 9 nitrogen and oxygen atoms in total. The topological polar surface area (TPSA) is 111 Å². The van der Waals surface area contributed by atoms with E-state index in [0.717, 1.165) is 0 Å². The van der Waals surface area contributed by atoms with Crippen molar-refractivity contribution in [3.63, 3.8) is 0 Å². The number of rotatable bonds is 7. The molecule has 0 bridgehead atoms. The van der Waals surface area contributed by atoms with Crippen LogP contribution in [0.4, 0.5) is 4.39 Å². The van der Waals surface area contributed by atoms with Gasteiger partial charge in [0.25, 0.3) is 5.56 Å². The minimum absolute atomic E-state index is 0.0897. The number of aryl methyl sites for hydroxylation is 1. The molecule has 3 heterocycles. The highest BCUT2D eigenvalue weighted by Crippen LogP contribution is 2.18. The molecule has 0 aliphatic carbocycles. The van der Waals surface area contributed by atoms with Crippen LogP contribution in [-0.4, -0.2) is 40.1 Å². The first kappa shape index (κ1) is 23.2. The molecule has 10 heteroatoms. The molecular weight excluding hydrogens is 439 g/mol. The number of aromatic amines is 1. The third-order valence-corrected chi connectivity index (χ3v) is 5.23. The quantitative estimate of drug-likeness (QED) is 0.407. The van der Waals surface area contributed by atoms with E-state index in [1.807, 2.05) is 13.8 Å². The summed E-state index contributed by atoms with van der Waals surface area (Å²) in [5, 5.41) is 14.5. The van der Waals surface area contributed by atoms with E-state index in [1.54, 1.807) is 24.5 Å². The molecule has 0 aliphatic heterocycles. The van der Waals surface area contributed by atoms with Crippen LogP contribution < -0.4 is 11.2 Å². The zero-order chi connectivity index (χ0) is 24.2. The van der Waals surface area contributed by atoms with Gasteiger partial charge in [0.2, 0.25) is 0 Å². The van der Waals surface area contributed by atoms with E-state index >= 15 is 0 Å². The Hall–Kier alpha value is -3.97. The van der Waals surface area contributed by atoms with Crippen molar-refractivity contribution in [3.05, 3.63) is 68.9 Å². The zero-order valence-electron chi connectivity index (χ0n) is 19.0. The van der Waals surface area contributed by atoms with E-state index in [-0.39, 0.29) is 17.8 Å². The van der Waals surface area contributed by atoms with Crippen LogP contribution in [0.25, 0.3) is 22.6 Å². The Bertz CT molecular complexity index is 1500. The molecule has 0 spiro atoms. The number of H-pyrrole nitrogens is 1. The number of hydrogen-bond acceptors (Lipinski definition) is 5. The van der Waals surface area contributed by atoms with Crippen molar-refractivity contribution in [2.24, 2.45) is 0 Å². The first-order chi connectivity index (χ1) is 16.4. The van der Waals surface area contributed by atoms with Gasteiger partial charge in [-0.05, 0) is 31.0 Å². The Morgan fingerprint density at radius 2 is 1.94 bits per heavy atom. The molecule has 2 N–H and O–H groups in total. The Kier molecular flexibility index (Phi) is 6.75. The zero-order valence-corrected chi connectivity index (χ0v) is 19.0. The summed E-state index contributed by atoms with van der Waals surface area (Å²) in [6.07, 6.45) is 3.57. The number of nitrogens with one attached hydrogen (secondary N) is 1. The minimum atomic E-state index is -1.03. The number of aliphatic hydroxyl groups is 1. The fourth-order valence-corrected chi connectivity index (χ4v) is 3.69. The van der Waals surface area contributed by atoms with Gasteiger partial charge >= 0.3 is 5.69 Å². The number of aliphatic hydroxyl groups excluding tert-OH is 1. The van der Waals surface area contributed by atoms with Gasteiger partial charge in [-0.25, -0.2) is 14.2 Å². The standard InChI is InChI=1S/C24H25FN6O3/c1-3-10-30-22-20(23(33)31(11-4-2)24(30)34)27-21(28-22)17-13-26-29(14-17)15-19(32)9-8-16-6-5-7-18(25)12-16/h5-7,12-14,19,32H,3-4,10-11,15H2,1-2H3,(H,27,28). The molecule has 0 radical (unpaired) electrons. The highest BCUT2D eigenvalue weighted by molar-refractivity contribution is 5.75. The van der Waals surface area contributed by atoms with Gasteiger partial charge in [-0.1, -0.05) is 31.8 Å². The van der Waals surface area contributed by atoms with Crippen molar-refractivity contribution < 1.29 is 9.50 Å². The van der Waals surface area contributed by atoms with E-state index < -0.39 is 17.5 Å². The lowest BCUT2D eigenvalue weighted by Crippen LogP contribution is -2.40. The summed E-state index contributed by atoms with van der Waals surface area (Å²) >= 11 is 0. The highest BCUT2D eigenvalue weighted by Gasteiger charge is 2.18. The van der Waals surface area contributed by atoms with Crippen LogP contribution in [0.15, 0.2) is 46.2 Å². The molecule has 176 valence electrons. The van der Waals surface area contributed by atoms with Crippen LogP contribution in [0.5, 0.6) is 0 Å². The van der Waals surface area contributed by atoms with E-state index in [0.29, 0.717) is 48.5 Å². The van der Waals surface area contributed by atoms with Crippen LogP contribution in [0.2, 0.25) is 0 Å². The molecule has 0 fully saturated rings. The van der Waals surface area contributed by atoms with Crippen molar-refractivity contribution in [3.8, 4) is 23.2 Å². The molecule has 0 amide bonds. The monoisotopic (exact) mass is 464 g/mol. The van der Waals surface area contributed by atoms with Crippen molar-refractivity contribution in [2.75, 3.05) is 0 Å². The average Bonchev–Trinajstić information content (AvgIpc) is 3.46. The lowest BCUT2D eigenvalue weighted by Gasteiger charge is -2.09. The Morgan fingerprint density at radius 3 is 2.68 bits per heavy atom. The summed E-state index contributed by atoms with van der Waals surface area (Å²) in [5.41, 5.74) is 0.879. The molecule has 3 aromatic heterocycles. The second-order valence-electron chi connectivity index (χ2n) is 7.92. The maximum Gasteiger partial charge on any atom is 0.332 e. The van der Waals surface area contributed by atoms with Crippen LogP contribution in [0, 0.1) is 17.7 Å². The SMILES string of the molecule is CCCn1c(=O)c2[nH]c(-c3cnn(CC(O)C#Cc4cccc(F)c4)c3)nc2n(CCC)c1=O. The smallest absolute Gasteiger partial charge is 0.332 e.